The standard InChI is InChI=1S/C22H23N3O3S/c1-2-28-19-9-7-18(8-10-19)25-21(26)20(23-22(25)29)15-16-3-5-17(6-4-16)24-11-13-27-14-12-24/h3-10,15H,2,11-14H2,1H3,(H,23,29)/b20-15-. The molecule has 2 fully saturated rings. The van der Waals surface area contributed by atoms with Crippen molar-refractivity contribution in [3.63, 3.8) is 0 Å². The van der Waals surface area contributed by atoms with E-state index >= 15 is 0 Å². The largest absolute Gasteiger partial charge is 0.494 e. The number of rotatable bonds is 5. The van der Waals surface area contributed by atoms with Crippen molar-refractivity contribution in [2.24, 2.45) is 0 Å². The second kappa shape index (κ2) is 8.63. The number of thiocarbonyl (C=S) groups is 1. The van der Waals surface area contributed by atoms with Gasteiger partial charge in [-0.25, -0.2) is 0 Å². The topological polar surface area (TPSA) is 54.0 Å². The summed E-state index contributed by atoms with van der Waals surface area (Å²) in [5, 5.41) is 3.40. The molecule has 0 aromatic heterocycles. The average molecular weight is 410 g/mol. The molecule has 0 saturated carbocycles. The fourth-order valence-corrected chi connectivity index (χ4v) is 3.70. The van der Waals surface area contributed by atoms with E-state index in [9.17, 15) is 4.79 Å². The van der Waals surface area contributed by atoms with E-state index in [1.165, 1.54) is 4.90 Å². The Morgan fingerprint density at radius 3 is 2.38 bits per heavy atom. The van der Waals surface area contributed by atoms with Crippen LogP contribution in [0.1, 0.15) is 12.5 Å². The van der Waals surface area contributed by atoms with Gasteiger partial charge < -0.3 is 19.7 Å². The molecule has 2 aromatic carbocycles. The maximum absolute atomic E-state index is 12.9. The fourth-order valence-electron chi connectivity index (χ4n) is 3.40. The Labute approximate surface area is 175 Å². The summed E-state index contributed by atoms with van der Waals surface area (Å²) in [7, 11) is 0. The van der Waals surface area contributed by atoms with Crippen molar-refractivity contribution < 1.29 is 14.3 Å². The minimum absolute atomic E-state index is 0.170. The third-order valence-corrected chi connectivity index (χ3v) is 5.15. The monoisotopic (exact) mass is 409 g/mol. The van der Waals surface area contributed by atoms with Crippen molar-refractivity contribution >= 4 is 40.7 Å². The Bertz CT molecular complexity index is 919. The smallest absolute Gasteiger partial charge is 0.281 e. The fraction of sp³-hybridized carbons (Fsp3) is 0.273. The van der Waals surface area contributed by atoms with Gasteiger partial charge in [0, 0.05) is 18.8 Å². The van der Waals surface area contributed by atoms with Gasteiger partial charge in [-0.1, -0.05) is 12.1 Å². The maximum atomic E-state index is 12.9. The third-order valence-electron chi connectivity index (χ3n) is 4.86. The van der Waals surface area contributed by atoms with E-state index in [1.807, 2.05) is 49.4 Å². The number of nitrogens with one attached hydrogen (secondary N) is 1. The lowest BCUT2D eigenvalue weighted by Gasteiger charge is -2.28. The molecule has 0 bridgehead atoms. The Kier molecular flexibility index (Phi) is 5.78. The Hall–Kier alpha value is -2.90. The van der Waals surface area contributed by atoms with Crippen molar-refractivity contribution in [1.29, 1.82) is 0 Å². The molecule has 2 aliphatic rings. The van der Waals surface area contributed by atoms with E-state index in [0.717, 1.165) is 43.3 Å². The highest BCUT2D eigenvalue weighted by molar-refractivity contribution is 7.80. The summed E-state index contributed by atoms with van der Waals surface area (Å²) in [4.78, 5) is 16.7. The van der Waals surface area contributed by atoms with Crippen LogP contribution in [-0.4, -0.2) is 43.9 Å². The van der Waals surface area contributed by atoms with E-state index in [2.05, 4.69) is 22.3 Å². The van der Waals surface area contributed by atoms with Gasteiger partial charge >= 0.3 is 0 Å². The first-order valence-electron chi connectivity index (χ1n) is 9.68. The number of carbonyl (C=O) groups is 1. The van der Waals surface area contributed by atoms with E-state index in [1.54, 1.807) is 0 Å². The second-order valence-corrected chi connectivity index (χ2v) is 7.13. The van der Waals surface area contributed by atoms with Crippen LogP contribution in [0.3, 0.4) is 0 Å². The van der Waals surface area contributed by atoms with Gasteiger partial charge in [0.15, 0.2) is 5.11 Å². The molecular weight excluding hydrogens is 386 g/mol. The summed E-state index contributed by atoms with van der Waals surface area (Å²) in [5.41, 5.74) is 3.27. The number of hydrogen-bond donors (Lipinski definition) is 1. The summed E-state index contributed by atoms with van der Waals surface area (Å²) >= 11 is 5.39. The Balaban J connectivity index is 1.49. The molecule has 1 N–H and O–H groups in total. The molecule has 4 rings (SSSR count). The highest BCUT2D eigenvalue weighted by Crippen LogP contribution is 2.25. The van der Waals surface area contributed by atoms with E-state index in [4.69, 9.17) is 21.7 Å². The van der Waals surface area contributed by atoms with Gasteiger partial charge in [0.2, 0.25) is 0 Å². The number of benzene rings is 2. The summed E-state index contributed by atoms with van der Waals surface area (Å²) in [5.74, 6) is 0.592. The lowest BCUT2D eigenvalue weighted by atomic mass is 10.1. The molecule has 6 nitrogen and oxygen atoms in total. The van der Waals surface area contributed by atoms with E-state index < -0.39 is 0 Å². The first-order valence-corrected chi connectivity index (χ1v) is 10.1. The van der Waals surface area contributed by atoms with Crippen molar-refractivity contribution in [3.8, 4) is 5.75 Å². The predicted molar refractivity (Wildman–Crippen MR) is 118 cm³/mol. The molecule has 0 spiro atoms. The summed E-state index contributed by atoms with van der Waals surface area (Å²) < 4.78 is 10.9. The Morgan fingerprint density at radius 1 is 1.07 bits per heavy atom. The van der Waals surface area contributed by atoms with Crippen molar-refractivity contribution in [1.82, 2.24) is 5.32 Å². The van der Waals surface area contributed by atoms with Gasteiger partial charge in [-0.05, 0) is 67.2 Å². The number of hydrogen-bond acceptors (Lipinski definition) is 5. The molecule has 2 heterocycles. The predicted octanol–water partition coefficient (Wildman–Crippen LogP) is 3.18. The van der Waals surface area contributed by atoms with Gasteiger partial charge in [0.25, 0.3) is 5.91 Å². The number of ether oxygens (including phenoxy) is 2. The highest BCUT2D eigenvalue weighted by atomic mass is 32.1. The van der Waals surface area contributed by atoms with Gasteiger partial charge in [-0.3, -0.25) is 9.69 Å². The number of amides is 1. The first-order chi connectivity index (χ1) is 14.2. The minimum Gasteiger partial charge on any atom is -0.494 e. The van der Waals surface area contributed by atoms with Crippen LogP contribution in [0.5, 0.6) is 5.75 Å². The SMILES string of the molecule is CCOc1ccc(N2C(=O)/C(=C/c3ccc(N4CCOCC4)cc3)NC2=S)cc1. The van der Waals surface area contributed by atoms with Crippen LogP contribution in [0.15, 0.2) is 54.2 Å². The van der Waals surface area contributed by atoms with Crippen molar-refractivity contribution in [2.45, 2.75) is 6.92 Å². The summed E-state index contributed by atoms with van der Waals surface area (Å²) in [6, 6.07) is 15.5. The summed E-state index contributed by atoms with van der Waals surface area (Å²) in [6.07, 6.45) is 1.83. The molecule has 150 valence electrons. The molecule has 2 aliphatic heterocycles. The molecule has 0 atom stereocenters. The van der Waals surface area contributed by atoms with Crippen molar-refractivity contribution in [3.05, 3.63) is 59.8 Å². The number of carbonyl (C=O) groups excluding carboxylic acids is 1. The van der Waals surface area contributed by atoms with Crippen LogP contribution >= 0.6 is 12.2 Å². The van der Waals surface area contributed by atoms with Crippen LogP contribution in [0.25, 0.3) is 6.08 Å². The van der Waals surface area contributed by atoms with Gasteiger partial charge in [0.1, 0.15) is 11.4 Å². The lowest BCUT2D eigenvalue weighted by molar-refractivity contribution is -0.113. The van der Waals surface area contributed by atoms with Crippen LogP contribution in [-0.2, 0) is 9.53 Å². The number of anilines is 2. The number of morpholine rings is 1. The Morgan fingerprint density at radius 2 is 1.72 bits per heavy atom. The third kappa shape index (κ3) is 4.26. The second-order valence-electron chi connectivity index (χ2n) is 6.75. The molecule has 7 heteroatoms. The van der Waals surface area contributed by atoms with Gasteiger partial charge in [-0.2, -0.15) is 0 Å². The highest BCUT2D eigenvalue weighted by Gasteiger charge is 2.31. The zero-order chi connectivity index (χ0) is 20.2. The zero-order valence-electron chi connectivity index (χ0n) is 16.3. The zero-order valence-corrected chi connectivity index (χ0v) is 17.1. The summed E-state index contributed by atoms with van der Waals surface area (Å²) in [6.45, 7) is 5.82. The van der Waals surface area contributed by atoms with Crippen LogP contribution in [0.2, 0.25) is 0 Å². The maximum Gasteiger partial charge on any atom is 0.281 e. The molecule has 29 heavy (non-hydrogen) atoms. The molecular formula is C22H23N3O3S. The normalized spacial score (nSPS) is 18.3. The lowest BCUT2D eigenvalue weighted by Crippen LogP contribution is -2.36. The van der Waals surface area contributed by atoms with E-state index in [-0.39, 0.29) is 5.91 Å². The minimum atomic E-state index is -0.170. The number of nitrogens with zero attached hydrogens (tertiary/aromatic N) is 2. The van der Waals surface area contributed by atoms with E-state index in [0.29, 0.717) is 23.1 Å². The molecule has 2 aromatic rings. The van der Waals surface area contributed by atoms with Crippen LogP contribution < -0.4 is 19.9 Å². The molecule has 0 aliphatic carbocycles. The average Bonchev–Trinajstić information content (AvgIpc) is 3.03. The van der Waals surface area contributed by atoms with Gasteiger partial charge in [-0.15, -0.1) is 0 Å². The first kappa shape index (κ1) is 19.4. The molecule has 2 saturated heterocycles. The quantitative estimate of drug-likeness (QED) is 0.605. The molecule has 0 unspecified atom stereocenters. The molecule has 0 radical (unpaired) electrons. The molecule has 1 amide bonds. The van der Waals surface area contributed by atoms with Gasteiger partial charge in [0.05, 0.1) is 25.5 Å². The van der Waals surface area contributed by atoms with Crippen LogP contribution in [0, 0.1) is 0 Å². The van der Waals surface area contributed by atoms with Crippen LogP contribution in [0.4, 0.5) is 11.4 Å². The van der Waals surface area contributed by atoms with Crippen molar-refractivity contribution in [2.75, 3.05) is 42.7 Å².